The van der Waals surface area contributed by atoms with Gasteiger partial charge in [-0.3, -0.25) is 4.79 Å². The van der Waals surface area contributed by atoms with Crippen LogP contribution in [0.4, 0.5) is 0 Å². The summed E-state index contributed by atoms with van der Waals surface area (Å²) in [5, 5.41) is 8.69. The van der Waals surface area contributed by atoms with Crippen molar-refractivity contribution < 1.29 is 17.6 Å². The number of carbonyl (C=O) groups is 1. The molecule has 1 fully saturated rings. The zero-order valence-electron chi connectivity index (χ0n) is 18.8. The molecule has 10 heteroatoms. The monoisotopic (exact) mass is 482 g/mol. The Hall–Kier alpha value is -1.97. The number of amides is 1. The van der Waals surface area contributed by atoms with Crippen LogP contribution in [0.15, 0.2) is 28.7 Å². The molecule has 1 aliphatic rings. The highest BCUT2D eigenvalue weighted by Crippen LogP contribution is 2.28. The summed E-state index contributed by atoms with van der Waals surface area (Å²) in [6.45, 7) is 6.81. The summed E-state index contributed by atoms with van der Waals surface area (Å²) in [6.07, 6.45) is 2.53. The number of hydrogen-bond donors (Lipinski definition) is 0. The lowest BCUT2D eigenvalue weighted by molar-refractivity contribution is -0.139. The lowest BCUT2D eigenvalue weighted by atomic mass is 9.96. The van der Waals surface area contributed by atoms with Crippen molar-refractivity contribution in [3.05, 3.63) is 35.2 Å². The zero-order chi connectivity index (χ0) is 23.3. The zero-order valence-corrected chi connectivity index (χ0v) is 20.4. The molecular weight excluding hydrogens is 452 g/mol. The van der Waals surface area contributed by atoms with E-state index in [1.54, 1.807) is 17.0 Å². The maximum absolute atomic E-state index is 13.3. The summed E-state index contributed by atoms with van der Waals surface area (Å²) in [4.78, 5) is 15.0. The molecule has 0 atom stereocenters. The molecule has 2 aromatic rings. The second-order valence-corrected chi connectivity index (χ2v) is 10.9. The van der Waals surface area contributed by atoms with Crippen molar-refractivity contribution in [1.29, 1.82) is 0 Å². The molecule has 1 amide bonds. The van der Waals surface area contributed by atoms with E-state index < -0.39 is 10.0 Å². The lowest BCUT2D eigenvalue weighted by Crippen LogP contribution is -2.46. The Kier molecular flexibility index (Phi) is 8.30. The van der Waals surface area contributed by atoms with Gasteiger partial charge in [0.05, 0.1) is 22.9 Å². The van der Waals surface area contributed by atoms with Crippen LogP contribution in [0.3, 0.4) is 0 Å². The van der Waals surface area contributed by atoms with Gasteiger partial charge < -0.3 is 9.32 Å². The van der Waals surface area contributed by atoms with Crippen LogP contribution in [0.5, 0.6) is 0 Å². The lowest BCUT2D eigenvalue weighted by Gasteiger charge is -2.34. The molecular formula is C22H31ClN4O4S. The van der Waals surface area contributed by atoms with Crippen molar-refractivity contribution in [2.24, 2.45) is 5.92 Å². The minimum Gasteiger partial charge on any atom is -0.419 e. The molecule has 1 aromatic carbocycles. The van der Waals surface area contributed by atoms with Gasteiger partial charge in [0.2, 0.25) is 27.7 Å². The van der Waals surface area contributed by atoms with Gasteiger partial charge in [0, 0.05) is 25.0 Å². The van der Waals surface area contributed by atoms with Crippen molar-refractivity contribution in [1.82, 2.24) is 19.4 Å². The van der Waals surface area contributed by atoms with Gasteiger partial charge in [-0.05, 0) is 45.2 Å². The van der Waals surface area contributed by atoms with E-state index in [9.17, 15) is 13.2 Å². The average molecular weight is 483 g/mol. The minimum absolute atomic E-state index is 0.0110. The third-order valence-electron chi connectivity index (χ3n) is 5.74. The SMILES string of the molecule is CCCCS(=O)(=O)N1CCC(C(=O)N(Cc2nnc(-c3ccccc3Cl)o2)C(C)C)CC1. The van der Waals surface area contributed by atoms with Gasteiger partial charge >= 0.3 is 0 Å². The molecule has 1 saturated heterocycles. The van der Waals surface area contributed by atoms with E-state index in [0.29, 0.717) is 54.7 Å². The quantitative estimate of drug-likeness (QED) is 0.536. The highest BCUT2D eigenvalue weighted by Gasteiger charge is 2.34. The van der Waals surface area contributed by atoms with E-state index >= 15 is 0 Å². The molecule has 0 aliphatic carbocycles. The summed E-state index contributed by atoms with van der Waals surface area (Å²) in [6, 6.07) is 7.14. The van der Waals surface area contributed by atoms with Crippen molar-refractivity contribution in [2.75, 3.05) is 18.8 Å². The number of halogens is 1. The van der Waals surface area contributed by atoms with E-state index in [2.05, 4.69) is 10.2 Å². The first-order valence-corrected chi connectivity index (χ1v) is 13.1. The second kappa shape index (κ2) is 10.8. The van der Waals surface area contributed by atoms with Crippen molar-refractivity contribution in [3.8, 4) is 11.5 Å². The summed E-state index contributed by atoms with van der Waals surface area (Å²) in [7, 11) is -3.24. The van der Waals surface area contributed by atoms with Crippen LogP contribution in [0.25, 0.3) is 11.5 Å². The third-order valence-corrected chi connectivity index (χ3v) is 8.02. The van der Waals surface area contributed by atoms with E-state index in [1.165, 1.54) is 4.31 Å². The second-order valence-electron chi connectivity index (χ2n) is 8.38. The molecule has 0 bridgehead atoms. The molecule has 1 aliphatic heterocycles. The Morgan fingerprint density at radius 1 is 1.25 bits per heavy atom. The Balaban J connectivity index is 1.64. The molecule has 0 N–H and O–H groups in total. The number of aromatic nitrogens is 2. The Labute approximate surface area is 195 Å². The van der Waals surface area contributed by atoms with E-state index in [4.69, 9.17) is 16.0 Å². The molecule has 0 spiro atoms. The van der Waals surface area contributed by atoms with Gasteiger partial charge in [-0.25, -0.2) is 12.7 Å². The topological polar surface area (TPSA) is 96.6 Å². The van der Waals surface area contributed by atoms with Gasteiger partial charge in [-0.2, -0.15) is 0 Å². The Morgan fingerprint density at radius 3 is 2.56 bits per heavy atom. The highest BCUT2D eigenvalue weighted by molar-refractivity contribution is 7.89. The molecule has 1 aromatic heterocycles. The molecule has 176 valence electrons. The summed E-state index contributed by atoms with van der Waals surface area (Å²) in [5.41, 5.74) is 0.645. The van der Waals surface area contributed by atoms with Crippen LogP contribution in [0, 0.1) is 5.92 Å². The highest BCUT2D eigenvalue weighted by atomic mass is 35.5. The standard InChI is InChI=1S/C22H31ClN4O4S/c1-4-5-14-32(29,30)26-12-10-17(11-13-26)22(28)27(16(2)3)15-20-24-25-21(31-20)18-8-6-7-9-19(18)23/h6-9,16-17H,4-5,10-15H2,1-3H3. The number of benzene rings is 1. The van der Waals surface area contributed by atoms with Gasteiger partial charge in [0.25, 0.3) is 0 Å². The fourth-order valence-corrected chi connectivity index (χ4v) is 5.69. The van der Waals surface area contributed by atoms with Crippen LogP contribution in [0.1, 0.15) is 52.3 Å². The summed E-state index contributed by atoms with van der Waals surface area (Å²) in [5.74, 6) is 0.587. The largest absolute Gasteiger partial charge is 0.419 e. The number of unbranched alkanes of at least 4 members (excludes halogenated alkanes) is 1. The van der Waals surface area contributed by atoms with E-state index in [0.717, 1.165) is 6.42 Å². The van der Waals surface area contributed by atoms with Crippen LogP contribution in [0.2, 0.25) is 5.02 Å². The fraction of sp³-hybridized carbons (Fsp3) is 0.591. The first kappa shape index (κ1) is 24.7. The first-order chi connectivity index (χ1) is 15.2. The van der Waals surface area contributed by atoms with Crippen LogP contribution < -0.4 is 0 Å². The summed E-state index contributed by atoms with van der Waals surface area (Å²) >= 11 is 6.21. The Morgan fingerprint density at radius 2 is 1.94 bits per heavy atom. The van der Waals surface area contributed by atoms with Crippen molar-refractivity contribution in [3.63, 3.8) is 0 Å². The van der Waals surface area contributed by atoms with Gasteiger partial charge in [0.15, 0.2) is 0 Å². The number of hydrogen-bond acceptors (Lipinski definition) is 6. The van der Waals surface area contributed by atoms with Crippen LogP contribution in [-0.2, 0) is 21.4 Å². The predicted octanol–water partition coefficient (Wildman–Crippen LogP) is 3.97. The van der Waals surface area contributed by atoms with Crippen LogP contribution >= 0.6 is 11.6 Å². The Bertz CT molecular complexity index is 1020. The normalized spacial score (nSPS) is 15.9. The first-order valence-electron chi connectivity index (χ1n) is 11.1. The van der Waals surface area contributed by atoms with Crippen molar-refractivity contribution in [2.45, 2.75) is 59.0 Å². The van der Waals surface area contributed by atoms with Gasteiger partial charge in [-0.1, -0.05) is 37.1 Å². The summed E-state index contributed by atoms with van der Waals surface area (Å²) < 4.78 is 32.2. The molecule has 8 nitrogen and oxygen atoms in total. The molecule has 0 saturated carbocycles. The van der Waals surface area contributed by atoms with E-state index in [-0.39, 0.29) is 30.2 Å². The molecule has 0 radical (unpaired) electrons. The molecule has 2 heterocycles. The predicted molar refractivity (Wildman–Crippen MR) is 123 cm³/mol. The van der Waals surface area contributed by atoms with Gasteiger partial charge in [-0.15, -0.1) is 10.2 Å². The average Bonchev–Trinajstić information content (AvgIpc) is 3.24. The molecule has 32 heavy (non-hydrogen) atoms. The van der Waals surface area contributed by atoms with Gasteiger partial charge in [0.1, 0.15) is 0 Å². The smallest absolute Gasteiger partial charge is 0.249 e. The maximum atomic E-state index is 13.3. The number of nitrogens with zero attached hydrogens (tertiary/aromatic N) is 4. The van der Waals surface area contributed by atoms with Crippen LogP contribution in [-0.4, -0.2) is 58.6 Å². The van der Waals surface area contributed by atoms with E-state index in [1.807, 2.05) is 32.9 Å². The fourth-order valence-electron chi connectivity index (χ4n) is 3.79. The maximum Gasteiger partial charge on any atom is 0.249 e. The number of sulfonamides is 1. The number of piperidine rings is 1. The molecule has 0 unspecified atom stereocenters. The molecule has 3 rings (SSSR count). The third kappa shape index (κ3) is 5.88. The minimum atomic E-state index is -3.24. The van der Waals surface area contributed by atoms with Crippen molar-refractivity contribution >= 4 is 27.5 Å². The number of rotatable bonds is 9. The number of carbonyl (C=O) groups excluding carboxylic acids is 1.